The molecule has 0 N–H and O–H groups in total. The molecule has 0 bridgehead atoms. The molecular weight excluding hydrogens is 300 g/mol. The zero-order chi connectivity index (χ0) is 15.7. The molecule has 3 heteroatoms. The highest BCUT2D eigenvalue weighted by Gasteiger charge is 2.56. The van der Waals surface area contributed by atoms with E-state index in [1.54, 1.807) is 0 Å². The summed E-state index contributed by atoms with van der Waals surface area (Å²) >= 11 is 0. The predicted octanol–water partition coefficient (Wildman–Crippen LogP) is 5.60. The molecule has 0 amide bonds. The quantitative estimate of drug-likeness (QED) is 0.568. The Morgan fingerprint density at radius 1 is 0.955 bits per heavy atom. The molecule has 0 aromatic heterocycles. The summed E-state index contributed by atoms with van der Waals surface area (Å²) in [4.78, 5) is 0. The maximum atomic E-state index is 6.75. The fourth-order valence-corrected chi connectivity index (χ4v) is 12.1. The second kappa shape index (κ2) is 4.93. The molecule has 0 radical (unpaired) electrons. The van der Waals surface area contributed by atoms with Gasteiger partial charge in [0.25, 0.3) is 0 Å². The Kier molecular flexibility index (Phi) is 3.46. The first kappa shape index (κ1) is 15.4. The highest BCUT2D eigenvalue weighted by atomic mass is 28.4. The lowest BCUT2D eigenvalue weighted by atomic mass is 9.69. The standard InChI is InChI=1S/C19H32OSi2/c1-21(2,3)18-13-9-6-7-10-14(13)19-17-15(18)11-8-12-16(17)20-22(19,4)5/h15-17H,6-12H2,1-5H3/t15-,16+,17-/m1/s1. The molecule has 122 valence electrons. The van der Waals surface area contributed by atoms with Gasteiger partial charge >= 0.3 is 0 Å². The van der Waals surface area contributed by atoms with Crippen LogP contribution >= 0.6 is 0 Å². The van der Waals surface area contributed by atoms with Gasteiger partial charge in [0.2, 0.25) is 8.32 Å². The van der Waals surface area contributed by atoms with Crippen LogP contribution in [0.5, 0.6) is 0 Å². The lowest BCUT2D eigenvalue weighted by Crippen LogP contribution is -2.43. The van der Waals surface area contributed by atoms with Crippen molar-refractivity contribution >= 4 is 16.4 Å². The van der Waals surface area contributed by atoms with E-state index in [-0.39, 0.29) is 0 Å². The van der Waals surface area contributed by atoms with Gasteiger partial charge in [-0.25, -0.2) is 0 Å². The first-order valence-corrected chi connectivity index (χ1v) is 15.9. The molecule has 1 aliphatic heterocycles. The van der Waals surface area contributed by atoms with Gasteiger partial charge in [0.15, 0.2) is 0 Å². The highest BCUT2D eigenvalue weighted by molar-refractivity contribution is 6.84. The van der Waals surface area contributed by atoms with Gasteiger partial charge in [-0.1, -0.05) is 31.3 Å². The van der Waals surface area contributed by atoms with Gasteiger partial charge in [0.1, 0.15) is 0 Å². The van der Waals surface area contributed by atoms with Crippen LogP contribution in [0, 0.1) is 11.8 Å². The van der Waals surface area contributed by atoms with Gasteiger partial charge in [0.05, 0.1) is 14.2 Å². The second-order valence-corrected chi connectivity index (χ2v) is 18.3. The molecule has 3 fully saturated rings. The van der Waals surface area contributed by atoms with E-state index in [4.69, 9.17) is 4.43 Å². The van der Waals surface area contributed by atoms with E-state index in [1.165, 1.54) is 44.9 Å². The smallest absolute Gasteiger partial charge is 0.215 e. The first-order valence-electron chi connectivity index (χ1n) is 9.46. The lowest BCUT2D eigenvalue weighted by Gasteiger charge is -2.46. The zero-order valence-electron chi connectivity index (χ0n) is 15.1. The van der Waals surface area contributed by atoms with Crippen molar-refractivity contribution in [2.45, 2.75) is 83.8 Å². The van der Waals surface area contributed by atoms with Crippen molar-refractivity contribution in [1.29, 1.82) is 0 Å². The monoisotopic (exact) mass is 332 g/mol. The van der Waals surface area contributed by atoms with Gasteiger partial charge in [0, 0.05) is 5.92 Å². The molecule has 2 saturated carbocycles. The van der Waals surface area contributed by atoms with Crippen LogP contribution in [0.25, 0.3) is 0 Å². The number of hydrogen-bond donors (Lipinski definition) is 0. The van der Waals surface area contributed by atoms with Crippen molar-refractivity contribution < 1.29 is 4.43 Å². The van der Waals surface area contributed by atoms with E-state index in [0.29, 0.717) is 6.10 Å². The minimum Gasteiger partial charge on any atom is -0.410 e. The third-order valence-corrected chi connectivity index (χ3v) is 11.7. The largest absolute Gasteiger partial charge is 0.410 e. The van der Waals surface area contributed by atoms with E-state index in [2.05, 4.69) is 32.7 Å². The lowest BCUT2D eigenvalue weighted by molar-refractivity contribution is 0.112. The van der Waals surface area contributed by atoms with Crippen LogP contribution in [0.15, 0.2) is 21.5 Å². The summed E-state index contributed by atoms with van der Waals surface area (Å²) in [5.74, 6) is 1.64. The third-order valence-electron chi connectivity index (χ3n) is 6.56. The van der Waals surface area contributed by atoms with Crippen molar-refractivity contribution in [3.8, 4) is 0 Å². The van der Waals surface area contributed by atoms with E-state index < -0.39 is 16.4 Å². The Balaban J connectivity index is 1.96. The molecule has 22 heavy (non-hydrogen) atoms. The topological polar surface area (TPSA) is 9.23 Å². The molecule has 0 unspecified atom stereocenters. The van der Waals surface area contributed by atoms with Crippen LogP contribution in [0.1, 0.15) is 44.9 Å². The Labute approximate surface area is 138 Å². The minimum absolute atomic E-state index is 0.567. The molecule has 1 nitrogen and oxygen atoms in total. The Morgan fingerprint density at radius 2 is 1.64 bits per heavy atom. The van der Waals surface area contributed by atoms with Crippen molar-refractivity contribution in [3.63, 3.8) is 0 Å². The average molecular weight is 333 g/mol. The minimum atomic E-state index is -1.62. The summed E-state index contributed by atoms with van der Waals surface area (Å²) in [6, 6.07) is 0. The molecule has 3 aliphatic carbocycles. The van der Waals surface area contributed by atoms with Crippen molar-refractivity contribution in [3.05, 3.63) is 21.5 Å². The first-order chi connectivity index (χ1) is 10.3. The Morgan fingerprint density at radius 3 is 2.32 bits per heavy atom. The maximum Gasteiger partial charge on any atom is 0.215 e. The van der Waals surface area contributed by atoms with Gasteiger partial charge in [-0.2, -0.15) is 0 Å². The molecule has 4 rings (SSSR count). The summed E-state index contributed by atoms with van der Waals surface area (Å²) in [7, 11) is -2.87. The van der Waals surface area contributed by atoms with E-state index in [1.807, 2.05) is 21.5 Å². The fraction of sp³-hybridized carbons (Fsp3) is 0.789. The van der Waals surface area contributed by atoms with Gasteiger partial charge in [-0.05, 0) is 73.9 Å². The van der Waals surface area contributed by atoms with Crippen LogP contribution < -0.4 is 0 Å². The number of fused-ring (bicyclic) bond motifs is 1. The average Bonchev–Trinajstić information content (AvgIpc) is 2.70. The normalized spacial score (nSPS) is 37.2. The predicted molar refractivity (Wildman–Crippen MR) is 99.1 cm³/mol. The molecule has 1 saturated heterocycles. The van der Waals surface area contributed by atoms with Crippen LogP contribution in [0.3, 0.4) is 0 Å². The van der Waals surface area contributed by atoms with Crippen LogP contribution in [0.2, 0.25) is 32.7 Å². The second-order valence-electron chi connectivity index (χ2n) is 9.47. The number of hydrogen-bond acceptors (Lipinski definition) is 1. The van der Waals surface area contributed by atoms with Crippen LogP contribution in [-0.2, 0) is 4.43 Å². The molecule has 3 atom stereocenters. The van der Waals surface area contributed by atoms with Crippen LogP contribution in [0.4, 0.5) is 0 Å². The Bertz CT molecular complexity index is 548. The summed E-state index contributed by atoms with van der Waals surface area (Å²) < 4.78 is 6.75. The molecule has 4 aliphatic rings. The molecule has 0 spiro atoms. The molecule has 0 aromatic carbocycles. The van der Waals surface area contributed by atoms with Gasteiger partial charge < -0.3 is 4.43 Å². The van der Waals surface area contributed by atoms with E-state index in [0.717, 1.165) is 11.8 Å². The summed E-state index contributed by atoms with van der Waals surface area (Å²) in [5, 5.41) is 3.84. The fourth-order valence-electron chi connectivity index (χ4n) is 6.14. The third kappa shape index (κ3) is 2.11. The van der Waals surface area contributed by atoms with Crippen molar-refractivity contribution in [2.24, 2.45) is 11.8 Å². The van der Waals surface area contributed by atoms with E-state index >= 15 is 0 Å². The molecule has 1 heterocycles. The van der Waals surface area contributed by atoms with Gasteiger partial charge in [-0.15, -0.1) is 0 Å². The summed E-state index contributed by atoms with van der Waals surface area (Å²) in [6.07, 6.45) is 10.3. The van der Waals surface area contributed by atoms with E-state index in [9.17, 15) is 0 Å². The Hall–Kier alpha value is -0.126. The molecule has 0 aromatic rings. The summed E-state index contributed by atoms with van der Waals surface area (Å²) in [6.45, 7) is 12.7. The number of allylic oxidation sites excluding steroid dienone is 3. The number of rotatable bonds is 1. The van der Waals surface area contributed by atoms with Crippen molar-refractivity contribution in [2.75, 3.05) is 0 Å². The van der Waals surface area contributed by atoms with Gasteiger partial charge in [-0.3, -0.25) is 0 Å². The van der Waals surface area contributed by atoms with Crippen LogP contribution in [-0.4, -0.2) is 22.5 Å². The summed E-state index contributed by atoms with van der Waals surface area (Å²) in [5.41, 5.74) is 3.68. The molecular formula is C19H32OSi2. The maximum absolute atomic E-state index is 6.75. The van der Waals surface area contributed by atoms with Crippen molar-refractivity contribution in [1.82, 2.24) is 0 Å². The SMILES string of the molecule is C[Si](C)(C)C1=C2CCCCC2=C2[C@H]3[C@H](CCC[C@@H]13)O[Si]2(C)C. The highest BCUT2D eigenvalue weighted by Crippen LogP contribution is 2.58. The zero-order valence-corrected chi connectivity index (χ0v) is 17.1.